The number of nitrogens with one attached hydrogen (secondary N) is 2. The van der Waals surface area contributed by atoms with Crippen molar-refractivity contribution in [3.05, 3.63) is 54.1 Å². The Morgan fingerprint density at radius 1 is 0.920 bits per heavy atom. The minimum Gasteiger partial charge on any atom is -0.381 e. The molecule has 0 amide bonds. The second-order valence-electron chi connectivity index (χ2n) is 7.36. The minimum atomic E-state index is -3.48. The highest BCUT2D eigenvalue weighted by molar-refractivity contribution is 7.91. The maximum absolute atomic E-state index is 12.9. The van der Waals surface area contributed by atoms with Crippen LogP contribution in [0.2, 0.25) is 0 Å². The molecule has 0 bridgehead atoms. The van der Waals surface area contributed by atoms with Gasteiger partial charge in [-0.15, -0.1) is 0 Å². The Hall–Kier alpha value is -1.85. The van der Waals surface area contributed by atoms with E-state index in [9.17, 15) is 8.42 Å². The summed E-state index contributed by atoms with van der Waals surface area (Å²) in [6.45, 7) is 4.43. The molecule has 2 aromatic rings. The van der Waals surface area contributed by atoms with Crippen LogP contribution >= 0.6 is 0 Å². The quantitative estimate of drug-likeness (QED) is 0.864. The zero-order valence-corrected chi connectivity index (χ0v) is 15.4. The molecule has 4 atom stereocenters. The molecule has 4 nitrogen and oxygen atoms in total. The first-order chi connectivity index (χ1) is 11.9. The van der Waals surface area contributed by atoms with Gasteiger partial charge in [0, 0.05) is 29.7 Å². The van der Waals surface area contributed by atoms with E-state index in [1.54, 1.807) is 30.3 Å². The van der Waals surface area contributed by atoms with Gasteiger partial charge in [0.1, 0.15) is 0 Å². The molecule has 1 fully saturated rings. The van der Waals surface area contributed by atoms with Crippen LogP contribution in [0.5, 0.6) is 0 Å². The molecule has 0 aromatic heterocycles. The van der Waals surface area contributed by atoms with Crippen molar-refractivity contribution in [2.24, 2.45) is 0 Å². The molecular formula is C20H24N2O2S. The van der Waals surface area contributed by atoms with Crippen molar-refractivity contribution in [1.82, 2.24) is 5.32 Å². The van der Waals surface area contributed by atoms with E-state index < -0.39 is 9.84 Å². The number of sulfone groups is 1. The number of hydrogen-bond donors (Lipinski definition) is 2. The Kier molecular flexibility index (Phi) is 4.08. The second-order valence-corrected chi connectivity index (χ2v) is 9.31. The van der Waals surface area contributed by atoms with E-state index in [1.807, 2.05) is 18.2 Å². The van der Waals surface area contributed by atoms with Crippen molar-refractivity contribution in [2.45, 2.75) is 60.5 Å². The number of rotatable bonds is 2. The lowest BCUT2D eigenvalue weighted by Crippen LogP contribution is -2.33. The molecule has 0 aliphatic carbocycles. The third-order valence-electron chi connectivity index (χ3n) is 5.40. The summed E-state index contributed by atoms with van der Waals surface area (Å²) in [5.41, 5.74) is 2.23. The Labute approximate surface area is 149 Å². The van der Waals surface area contributed by atoms with Crippen LogP contribution in [0.4, 0.5) is 5.69 Å². The van der Waals surface area contributed by atoms with Crippen molar-refractivity contribution >= 4 is 15.5 Å². The molecule has 5 heteroatoms. The Bertz CT molecular complexity index is 880. The molecule has 2 heterocycles. The first-order valence-electron chi connectivity index (χ1n) is 8.92. The Balaban J connectivity index is 1.74. The van der Waals surface area contributed by atoms with Crippen molar-refractivity contribution in [3.63, 3.8) is 0 Å². The molecule has 132 valence electrons. The van der Waals surface area contributed by atoms with Crippen molar-refractivity contribution < 1.29 is 8.42 Å². The van der Waals surface area contributed by atoms with Gasteiger partial charge in [-0.2, -0.15) is 0 Å². The summed E-state index contributed by atoms with van der Waals surface area (Å²) >= 11 is 0. The first kappa shape index (κ1) is 16.6. The summed E-state index contributed by atoms with van der Waals surface area (Å²) in [6.07, 6.45) is 2.06. The average Bonchev–Trinajstić information content (AvgIpc) is 2.84. The average molecular weight is 356 g/mol. The van der Waals surface area contributed by atoms with E-state index >= 15 is 0 Å². The van der Waals surface area contributed by atoms with E-state index in [4.69, 9.17) is 0 Å². The number of hydrogen-bond acceptors (Lipinski definition) is 4. The lowest BCUT2D eigenvalue weighted by Gasteiger charge is -2.18. The molecular weight excluding hydrogens is 332 g/mol. The predicted octanol–water partition coefficient (Wildman–Crippen LogP) is 3.56. The van der Waals surface area contributed by atoms with E-state index in [0.29, 0.717) is 33.8 Å². The summed E-state index contributed by atoms with van der Waals surface area (Å²) in [4.78, 5) is 0.736. The van der Waals surface area contributed by atoms with Gasteiger partial charge in [-0.05, 0) is 62.6 Å². The van der Waals surface area contributed by atoms with E-state index in [0.717, 1.165) is 24.1 Å². The first-order valence-corrected chi connectivity index (χ1v) is 10.4. The highest BCUT2D eigenvalue weighted by Gasteiger charge is 2.37. The summed E-state index contributed by atoms with van der Waals surface area (Å²) in [6, 6.07) is 15.5. The standard InChI is InChI=1S/C20H24N2O2S/c1-13-10-17-18-12-16(25(23,24)15-6-4-3-5-7-15)8-9-19(18)22-20(17)11-14(2)21-13/h3-9,12-14,17,20-22H,10-11H2,1-2H3/t13?,14?,17-,20+/m0/s1. The Morgan fingerprint density at radius 3 is 2.40 bits per heavy atom. The van der Waals surface area contributed by atoms with Crippen LogP contribution in [0.1, 0.15) is 38.2 Å². The van der Waals surface area contributed by atoms with E-state index in [2.05, 4.69) is 24.5 Å². The molecule has 2 unspecified atom stereocenters. The highest BCUT2D eigenvalue weighted by Crippen LogP contribution is 2.43. The van der Waals surface area contributed by atoms with Crippen LogP contribution in [0.15, 0.2) is 58.3 Å². The number of anilines is 1. The van der Waals surface area contributed by atoms with Crippen molar-refractivity contribution in [2.75, 3.05) is 5.32 Å². The zero-order chi connectivity index (χ0) is 17.6. The molecule has 0 spiro atoms. The monoisotopic (exact) mass is 356 g/mol. The van der Waals surface area contributed by atoms with Crippen LogP contribution in [0.25, 0.3) is 0 Å². The van der Waals surface area contributed by atoms with Gasteiger partial charge in [0.15, 0.2) is 0 Å². The molecule has 0 saturated carbocycles. The van der Waals surface area contributed by atoms with Crippen LogP contribution in [0, 0.1) is 0 Å². The molecule has 25 heavy (non-hydrogen) atoms. The fourth-order valence-corrected chi connectivity index (χ4v) is 5.61. The van der Waals surface area contributed by atoms with Crippen molar-refractivity contribution in [1.29, 1.82) is 0 Å². The zero-order valence-electron chi connectivity index (χ0n) is 14.6. The fourth-order valence-electron chi connectivity index (χ4n) is 4.30. The lowest BCUT2D eigenvalue weighted by atomic mass is 9.88. The normalized spacial score (nSPS) is 28.6. The summed E-state index contributed by atoms with van der Waals surface area (Å²) in [5.74, 6) is 0.355. The van der Waals surface area contributed by atoms with Crippen LogP contribution < -0.4 is 10.6 Å². The molecule has 2 N–H and O–H groups in total. The van der Waals surface area contributed by atoms with Gasteiger partial charge < -0.3 is 10.6 Å². The molecule has 2 aliphatic heterocycles. The van der Waals surface area contributed by atoms with Crippen LogP contribution in [0.3, 0.4) is 0 Å². The van der Waals surface area contributed by atoms with Gasteiger partial charge in [-0.1, -0.05) is 18.2 Å². The predicted molar refractivity (Wildman–Crippen MR) is 99.8 cm³/mol. The summed E-state index contributed by atoms with van der Waals surface area (Å²) < 4.78 is 25.9. The van der Waals surface area contributed by atoms with Gasteiger partial charge in [0.2, 0.25) is 9.84 Å². The Morgan fingerprint density at radius 2 is 1.64 bits per heavy atom. The third-order valence-corrected chi connectivity index (χ3v) is 7.16. The molecule has 0 radical (unpaired) electrons. The van der Waals surface area contributed by atoms with Crippen LogP contribution in [-0.2, 0) is 9.84 Å². The van der Waals surface area contributed by atoms with Gasteiger partial charge in [-0.25, -0.2) is 8.42 Å². The largest absolute Gasteiger partial charge is 0.381 e. The maximum atomic E-state index is 12.9. The summed E-state index contributed by atoms with van der Waals surface area (Å²) in [5, 5.41) is 7.22. The third kappa shape index (κ3) is 2.96. The summed E-state index contributed by atoms with van der Waals surface area (Å²) in [7, 11) is -3.48. The van der Waals surface area contributed by atoms with Gasteiger partial charge >= 0.3 is 0 Å². The number of fused-ring (bicyclic) bond motifs is 3. The smallest absolute Gasteiger partial charge is 0.206 e. The van der Waals surface area contributed by atoms with Crippen molar-refractivity contribution in [3.8, 4) is 0 Å². The van der Waals surface area contributed by atoms with Gasteiger partial charge in [0.05, 0.1) is 9.79 Å². The molecule has 2 aliphatic rings. The van der Waals surface area contributed by atoms with Gasteiger partial charge in [-0.3, -0.25) is 0 Å². The fraction of sp³-hybridized carbons (Fsp3) is 0.400. The molecule has 1 saturated heterocycles. The maximum Gasteiger partial charge on any atom is 0.206 e. The highest BCUT2D eigenvalue weighted by atomic mass is 32.2. The van der Waals surface area contributed by atoms with E-state index in [-0.39, 0.29) is 0 Å². The topological polar surface area (TPSA) is 58.2 Å². The SMILES string of the molecule is CC1C[C@H]2Nc3ccc(S(=O)(=O)c4ccccc4)cc3[C@@H]2CC(C)N1. The molecule has 2 aromatic carbocycles. The second kappa shape index (κ2) is 6.15. The van der Waals surface area contributed by atoms with Gasteiger partial charge in [0.25, 0.3) is 0 Å². The van der Waals surface area contributed by atoms with Crippen LogP contribution in [-0.4, -0.2) is 26.5 Å². The lowest BCUT2D eigenvalue weighted by molar-refractivity contribution is 0.468. The van der Waals surface area contributed by atoms with E-state index in [1.165, 1.54) is 0 Å². The minimum absolute atomic E-state index is 0.349. The number of benzene rings is 2. The molecule has 4 rings (SSSR count).